The van der Waals surface area contributed by atoms with E-state index in [-0.39, 0.29) is 23.3 Å². The van der Waals surface area contributed by atoms with Gasteiger partial charge >= 0.3 is 0 Å². The molecular formula is C35H39N3O5S. The van der Waals surface area contributed by atoms with Crippen molar-refractivity contribution in [1.82, 2.24) is 10.2 Å². The lowest BCUT2D eigenvalue weighted by atomic mass is 10.1. The van der Waals surface area contributed by atoms with Gasteiger partial charge in [-0.1, -0.05) is 80.6 Å². The maximum atomic E-state index is 14.0. The van der Waals surface area contributed by atoms with Gasteiger partial charge in [-0.25, -0.2) is 8.42 Å². The maximum absolute atomic E-state index is 14.0. The van der Waals surface area contributed by atoms with E-state index in [0.29, 0.717) is 30.2 Å². The summed E-state index contributed by atoms with van der Waals surface area (Å²) in [4.78, 5) is 28.7. The fourth-order valence-corrected chi connectivity index (χ4v) is 6.01. The molecule has 0 bridgehead atoms. The van der Waals surface area contributed by atoms with Crippen LogP contribution in [0.15, 0.2) is 120 Å². The van der Waals surface area contributed by atoms with Gasteiger partial charge in [-0.2, -0.15) is 0 Å². The summed E-state index contributed by atoms with van der Waals surface area (Å²) in [5.74, 6) is 0.614. The lowest BCUT2D eigenvalue weighted by Crippen LogP contribution is -2.52. The summed E-state index contributed by atoms with van der Waals surface area (Å²) in [6.45, 7) is 5.87. The molecule has 0 radical (unpaired) electrons. The van der Waals surface area contributed by atoms with Crippen molar-refractivity contribution in [1.29, 1.82) is 0 Å². The highest BCUT2D eigenvalue weighted by Crippen LogP contribution is 2.28. The van der Waals surface area contributed by atoms with Crippen LogP contribution >= 0.6 is 0 Å². The Labute approximate surface area is 260 Å². The molecule has 0 spiro atoms. The molecule has 0 aliphatic rings. The number of carbonyl (C=O) groups is 2. The largest absolute Gasteiger partial charge is 0.457 e. The molecule has 0 fully saturated rings. The van der Waals surface area contributed by atoms with Crippen molar-refractivity contribution in [3.63, 3.8) is 0 Å². The number of ether oxygens (including phenoxy) is 1. The quantitative estimate of drug-likeness (QED) is 0.191. The van der Waals surface area contributed by atoms with E-state index in [0.717, 1.165) is 9.87 Å². The van der Waals surface area contributed by atoms with Gasteiger partial charge in [0.2, 0.25) is 11.8 Å². The maximum Gasteiger partial charge on any atom is 0.264 e. The van der Waals surface area contributed by atoms with Crippen molar-refractivity contribution in [2.45, 2.75) is 38.1 Å². The molecule has 1 atom stereocenters. The van der Waals surface area contributed by atoms with Crippen LogP contribution in [0.1, 0.15) is 26.3 Å². The third-order valence-electron chi connectivity index (χ3n) is 7.05. The Balaban J connectivity index is 1.64. The predicted molar refractivity (Wildman–Crippen MR) is 173 cm³/mol. The predicted octanol–water partition coefficient (Wildman–Crippen LogP) is 5.91. The highest BCUT2D eigenvalue weighted by Gasteiger charge is 2.32. The van der Waals surface area contributed by atoms with Crippen molar-refractivity contribution in [2.75, 3.05) is 23.9 Å². The summed E-state index contributed by atoms with van der Waals surface area (Å²) >= 11 is 0. The van der Waals surface area contributed by atoms with Crippen molar-refractivity contribution < 1.29 is 22.7 Å². The molecule has 4 aromatic carbocycles. The SMILES string of the molecule is CC(C)CNC(=O)[C@@H](C)N(CCc1ccccc1)C(=O)CN(c1ccc(Oc2ccccc2)cc1)S(=O)(=O)c1ccccc1. The topological polar surface area (TPSA) is 96.0 Å². The number of amides is 2. The Bertz CT molecular complexity index is 1600. The summed E-state index contributed by atoms with van der Waals surface area (Å²) in [5, 5.41) is 2.90. The molecule has 2 amide bonds. The Morgan fingerprint density at radius 2 is 1.30 bits per heavy atom. The van der Waals surface area contributed by atoms with E-state index in [1.54, 1.807) is 49.4 Å². The second-order valence-electron chi connectivity index (χ2n) is 10.9. The highest BCUT2D eigenvalue weighted by molar-refractivity contribution is 7.92. The molecule has 4 aromatic rings. The van der Waals surface area contributed by atoms with Crippen LogP contribution in [-0.2, 0) is 26.0 Å². The Morgan fingerprint density at radius 1 is 0.750 bits per heavy atom. The summed E-state index contributed by atoms with van der Waals surface area (Å²) in [6.07, 6.45) is 0.505. The molecule has 0 unspecified atom stereocenters. The van der Waals surface area contributed by atoms with Gasteiger partial charge < -0.3 is 15.0 Å². The first-order chi connectivity index (χ1) is 21.1. The van der Waals surface area contributed by atoms with E-state index in [9.17, 15) is 18.0 Å². The van der Waals surface area contributed by atoms with E-state index < -0.39 is 28.5 Å². The zero-order valence-electron chi connectivity index (χ0n) is 25.3. The number of rotatable bonds is 14. The third-order valence-corrected chi connectivity index (χ3v) is 8.84. The summed E-state index contributed by atoms with van der Waals surface area (Å²) in [6, 6.07) is 32.6. The number of hydrogen-bond acceptors (Lipinski definition) is 5. The van der Waals surface area contributed by atoms with Gasteiger partial charge in [0.1, 0.15) is 24.1 Å². The van der Waals surface area contributed by atoms with E-state index in [1.165, 1.54) is 17.0 Å². The average Bonchev–Trinajstić information content (AvgIpc) is 3.04. The fourth-order valence-electron chi connectivity index (χ4n) is 4.58. The molecule has 4 rings (SSSR count). The van der Waals surface area contributed by atoms with Crippen LogP contribution < -0.4 is 14.4 Å². The first-order valence-corrected chi connectivity index (χ1v) is 16.1. The average molecular weight is 614 g/mol. The number of nitrogens with one attached hydrogen (secondary N) is 1. The Hall–Kier alpha value is -4.63. The lowest BCUT2D eigenvalue weighted by Gasteiger charge is -2.32. The van der Waals surface area contributed by atoms with Crippen molar-refractivity contribution >= 4 is 27.5 Å². The molecule has 0 aliphatic heterocycles. The number of para-hydroxylation sites is 1. The number of nitrogens with zero attached hydrogens (tertiary/aromatic N) is 2. The van der Waals surface area contributed by atoms with Crippen molar-refractivity contribution in [2.24, 2.45) is 5.92 Å². The van der Waals surface area contributed by atoms with E-state index >= 15 is 0 Å². The van der Waals surface area contributed by atoms with Gasteiger partial charge in [0.15, 0.2) is 0 Å². The van der Waals surface area contributed by atoms with Crippen LogP contribution in [0.2, 0.25) is 0 Å². The molecule has 0 aliphatic carbocycles. The van der Waals surface area contributed by atoms with Crippen molar-refractivity contribution in [3.8, 4) is 11.5 Å². The molecule has 0 aromatic heterocycles. The number of hydrogen-bond donors (Lipinski definition) is 1. The van der Waals surface area contributed by atoms with Gasteiger partial charge in [0, 0.05) is 13.1 Å². The van der Waals surface area contributed by atoms with Gasteiger partial charge in [0.05, 0.1) is 10.6 Å². The minimum atomic E-state index is -4.14. The molecule has 8 nitrogen and oxygen atoms in total. The highest BCUT2D eigenvalue weighted by atomic mass is 32.2. The molecular weight excluding hydrogens is 574 g/mol. The van der Waals surface area contributed by atoms with Gasteiger partial charge in [-0.15, -0.1) is 0 Å². The van der Waals surface area contributed by atoms with Crippen LogP contribution in [0.25, 0.3) is 0 Å². The Kier molecular flexibility index (Phi) is 11.2. The van der Waals surface area contributed by atoms with Gasteiger partial charge in [-0.05, 0) is 73.4 Å². The number of carbonyl (C=O) groups excluding carboxylic acids is 2. The van der Waals surface area contributed by atoms with E-state index in [1.807, 2.05) is 74.5 Å². The van der Waals surface area contributed by atoms with Crippen LogP contribution in [0.5, 0.6) is 11.5 Å². The molecule has 1 N–H and O–H groups in total. The molecule has 0 saturated carbocycles. The first-order valence-electron chi connectivity index (χ1n) is 14.7. The van der Waals surface area contributed by atoms with Crippen molar-refractivity contribution in [3.05, 3.63) is 121 Å². The van der Waals surface area contributed by atoms with Gasteiger partial charge in [-0.3, -0.25) is 13.9 Å². The fraction of sp³-hybridized carbons (Fsp3) is 0.257. The molecule has 230 valence electrons. The monoisotopic (exact) mass is 613 g/mol. The molecule has 9 heteroatoms. The standard InChI is InChI=1S/C35H39N3O5S/c1-27(2)25-36-35(40)28(3)37(24-23-29-13-7-4-8-14-29)34(39)26-38(44(41,42)33-17-11-6-12-18-33)30-19-21-32(22-20-30)43-31-15-9-5-10-16-31/h4-22,27-28H,23-26H2,1-3H3,(H,36,40)/t28-/m1/s1. The van der Waals surface area contributed by atoms with Crippen LogP contribution in [0.3, 0.4) is 0 Å². The molecule has 0 heterocycles. The van der Waals surface area contributed by atoms with Crippen LogP contribution in [0.4, 0.5) is 5.69 Å². The molecule has 0 saturated heterocycles. The number of benzene rings is 4. The lowest BCUT2D eigenvalue weighted by molar-refractivity contribution is -0.138. The number of anilines is 1. The minimum absolute atomic E-state index is 0.0518. The second kappa shape index (κ2) is 15.2. The zero-order chi connectivity index (χ0) is 31.5. The summed E-state index contributed by atoms with van der Waals surface area (Å²) in [5.41, 5.74) is 1.30. The van der Waals surface area contributed by atoms with E-state index in [4.69, 9.17) is 4.74 Å². The normalized spacial score (nSPS) is 11.9. The van der Waals surface area contributed by atoms with E-state index in [2.05, 4.69) is 5.32 Å². The number of sulfonamides is 1. The Morgan fingerprint density at radius 3 is 1.89 bits per heavy atom. The second-order valence-corrected chi connectivity index (χ2v) is 12.7. The minimum Gasteiger partial charge on any atom is -0.457 e. The van der Waals surface area contributed by atoms with Crippen LogP contribution in [0, 0.1) is 5.92 Å². The first kappa shape index (κ1) is 32.3. The van der Waals surface area contributed by atoms with Gasteiger partial charge in [0.25, 0.3) is 10.0 Å². The summed E-state index contributed by atoms with van der Waals surface area (Å²) in [7, 11) is -4.14. The zero-order valence-corrected chi connectivity index (χ0v) is 26.1. The third kappa shape index (κ3) is 8.70. The van der Waals surface area contributed by atoms with Crippen LogP contribution in [-0.4, -0.2) is 50.8 Å². The summed E-state index contributed by atoms with van der Waals surface area (Å²) < 4.78 is 34.9. The smallest absolute Gasteiger partial charge is 0.264 e. The molecule has 44 heavy (non-hydrogen) atoms.